The highest BCUT2D eigenvalue weighted by atomic mass is 35.5. The summed E-state index contributed by atoms with van der Waals surface area (Å²) in [6.07, 6.45) is 1.79. The van der Waals surface area contributed by atoms with Gasteiger partial charge in [0.15, 0.2) is 0 Å². The van der Waals surface area contributed by atoms with Gasteiger partial charge in [0.2, 0.25) is 0 Å². The van der Waals surface area contributed by atoms with Gasteiger partial charge >= 0.3 is 0 Å². The standard InChI is InChI=1S/C17H14ClN/c1-14-7-9-15(10-8-14)5-3-11-19-13-16-4-2-6-17(18)12-16/h2,4,6-10,12-13H,11H2,1H3/b19-13+. The minimum atomic E-state index is 0.486. The Morgan fingerprint density at radius 1 is 1.16 bits per heavy atom. The lowest BCUT2D eigenvalue weighted by atomic mass is 10.2. The van der Waals surface area contributed by atoms with E-state index in [9.17, 15) is 0 Å². The predicted molar refractivity (Wildman–Crippen MR) is 82.0 cm³/mol. The van der Waals surface area contributed by atoms with E-state index >= 15 is 0 Å². The van der Waals surface area contributed by atoms with E-state index in [2.05, 4.69) is 35.9 Å². The van der Waals surface area contributed by atoms with Crippen LogP contribution in [0.25, 0.3) is 0 Å². The van der Waals surface area contributed by atoms with Crippen molar-refractivity contribution in [1.82, 2.24) is 0 Å². The molecule has 0 aliphatic heterocycles. The first-order valence-corrected chi connectivity index (χ1v) is 6.43. The zero-order chi connectivity index (χ0) is 13.5. The van der Waals surface area contributed by atoms with E-state index in [1.165, 1.54) is 5.56 Å². The van der Waals surface area contributed by atoms with E-state index in [0.717, 1.165) is 16.1 Å². The molecule has 0 unspecified atom stereocenters. The summed E-state index contributed by atoms with van der Waals surface area (Å²) in [6.45, 7) is 2.55. The minimum absolute atomic E-state index is 0.486. The molecule has 0 fully saturated rings. The number of rotatable bonds is 2. The first-order valence-electron chi connectivity index (χ1n) is 6.05. The van der Waals surface area contributed by atoms with Crippen LogP contribution in [0.4, 0.5) is 0 Å². The fourth-order valence-electron chi connectivity index (χ4n) is 1.56. The van der Waals surface area contributed by atoms with Gasteiger partial charge in [-0.25, -0.2) is 0 Å². The molecule has 0 N–H and O–H groups in total. The summed E-state index contributed by atoms with van der Waals surface area (Å²) >= 11 is 5.89. The lowest BCUT2D eigenvalue weighted by Gasteiger charge is -1.92. The third-order valence-corrected chi connectivity index (χ3v) is 2.78. The second kappa shape index (κ2) is 6.78. The van der Waals surface area contributed by atoms with Gasteiger partial charge in [-0.05, 0) is 36.8 Å². The molecule has 0 aliphatic carbocycles. The SMILES string of the molecule is Cc1ccc(C#CC/N=C/c2cccc(Cl)c2)cc1. The largest absolute Gasteiger partial charge is 0.280 e. The van der Waals surface area contributed by atoms with E-state index in [-0.39, 0.29) is 0 Å². The quantitative estimate of drug-likeness (QED) is 0.573. The van der Waals surface area contributed by atoms with Crippen molar-refractivity contribution in [3.05, 3.63) is 70.2 Å². The Kier molecular flexibility index (Phi) is 4.78. The van der Waals surface area contributed by atoms with Crippen LogP contribution in [-0.2, 0) is 0 Å². The van der Waals surface area contributed by atoms with Gasteiger partial charge < -0.3 is 0 Å². The van der Waals surface area contributed by atoms with Gasteiger partial charge in [0.05, 0.1) is 0 Å². The summed E-state index contributed by atoms with van der Waals surface area (Å²) in [5, 5.41) is 0.717. The average molecular weight is 268 g/mol. The second-order valence-electron chi connectivity index (χ2n) is 4.19. The number of aliphatic imine (C=N–C) groups is 1. The van der Waals surface area contributed by atoms with Crippen LogP contribution in [0, 0.1) is 18.8 Å². The molecule has 2 rings (SSSR count). The maximum absolute atomic E-state index is 5.89. The molecule has 1 nitrogen and oxygen atoms in total. The molecule has 0 heterocycles. The van der Waals surface area contributed by atoms with Crippen LogP contribution in [0.5, 0.6) is 0 Å². The molecular weight excluding hydrogens is 254 g/mol. The van der Waals surface area contributed by atoms with Gasteiger partial charge in [-0.1, -0.05) is 53.3 Å². The Bertz CT molecular complexity index is 630. The van der Waals surface area contributed by atoms with Crippen molar-refractivity contribution in [2.24, 2.45) is 4.99 Å². The van der Waals surface area contributed by atoms with Crippen LogP contribution < -0.4 is 0 Å². The molecule has 0 saturated heterocycles. The van der Waals surface area contributed by atoms with Gasteiger partial charge in [-0.2, -0.15) is 0 Å². The molecule has 0 aromatic heterocycles. The third-order valence-electron chi connectivity index (χ3n) is 2.54. The summed E-state index contributed by atoms with van der Waals surface area (Å²) < 4.78 is 0. The van der Waals surface area contributed by atoms with Crippen LogP contribution in [0.3, 0.4) is 0 Å². The number of aryl methyl sites for hydroxylation is 1. The molecule has 2 aromatic carbocycles. The molecule has 0 spiro atoms. The molecule has 19 heavy (non-hydrogen) atoms. The number of hydrogen-bond acceptors (Lipinski definition) is 1. The van der Waals surface area contributed by atoms with Crippen molar-refractivity contribution >= 4 is 17.8 Å². The van der Waals surface area contributed by atoms with E-state index in [1.54, 1.807) is 6.21 Å². The van der Waals surface area contributed by atoms with Crippen molar-refractivity contribution in [2.45, 2.75) is 6.92 Å². The van der Waals surface area contributed by atoms with Gasteiger partial charge in [0.1, 0.15) is 6.54 Å². The first-order chi connectivity index (χ1) is 9.24. The topological polar surface area (TPSA) is 12.4 Å². The molecule has 0 atom stereocenters. The average Bonchev–Trinajstić information content (AvgIpc) is 2.41. The van der Waals surface area contributed by atoms with E-state index in [1.807, 2.05) is 36.4 Å². The van der Waals surface area contributed by atoms with Crippen LogP contribution in [0.2, 0.25) is 5.02 Å². The normalized spacial score (nSPS) is 10.2. The number of hydrogen-bond donors (Lipinski definition) is 0. The van der Waals surface area contributed by atoms with Gasteiger partial charge in [0, 0.05) is 16.8 Å². The lowest BCUT2D eigenvalue weighted by molar-refractivity contribution is 1.30. The zero-order valence-corrected chi connectivity index (χ0v) is 11.5. The third kappa shape index (κ3) is 4.62. The molecule has 94 valence electrons. The Hall–Kier alpha value is -2.04. The van der Waals surface area contributed by atoms with Gasteiger partial charge in [-0.3, -0.25) is 4.99 Å². The summed E-state index contributed by atoms with van der Waals surface area (Å²) in [6, 6.07) is 15.7. The highest BCUT2D eigenvalue weighted by Gasteiger charge is 1.88. The smallest absolute Gasteiger partial charge is 0.100 e. The molecular formula is C17H14ClN. The molecule has 2 aromatic rings. The van der Waals surface area contributed by atoms with E-state index in [4.69, 9.17) is 11.6 Å². The highest BCUT2D eigenvalue weighted by molar-refractivity contribution is 6.30. The van der Waals surface area contributed by atoms with Crippen molar-refractivity contribution < 1.29 is 0 Å². The summed E-state index contributed by atoms with van der Waals surface area (Å²) in [5.74, 6) is 6.10. The summed E-state index contributed by atoms with van der Waals surface area (Å²) in [7, 11) is 0. The molecule has 2 heteroatoms. The number of benzene rings is 2. The monoisotopic (exact) mass is 267 g/mol. The van der Waals surface area contributed by atoms with Crippen LogP contribution >= 0.6 is 11.6 Å². The Labute approximate surface area is 119 Å². The number of nitrogens with zero attached hydrogens (tertiary/aromatic N) is 1. The maximum Gasteiger partial charge on any atom is 0.100 e. The van der Waals surface area contributed by atoms with Crippen LogP contribution in [0.15, 0.2) is 53.5 Å². The molecule has 0 bridgehead atoms. The second-order valence-corrected chi connectivity index (χ2v) is 4.63. The summed E-state index contributed by atoms with van der Waals surface area (Å²) in [5.41, 5.74) is 3.25. The fourth-order valence-corrected chi connectivity index (χ4v) is 1.76. The molecule has 0 radical (unpaired) electrons. The number of halogens is 1. The molecule has 0 amide bonds. The highest BCUT2D eigenvalue weighted by Crippen LogP contribution is 2.08. The Balaban J connectivity index is 1.92. The fraction of sp³-hybridized carbons (Fsp3) is 0.118. The zero-order valence-electron chi connectivity index (χ0n) is 10.7. The van der Waals surface area contributed by atoms with Crippen LogP contribution in [-0.4, -0.2) is 12.8 Å². The van der Waals surface area contributed by atoms with Gasteiger partial charge in [-0.15, -0.1) is 0 Å². The van der Waals surface area contributed by atoms with Crippen LogP contribution in [0.1, 0.15) is 16.7 Å². The Morgan fingerprint density at radius 2 is 1.95 bits per heavy atom. The predicted octanol–water partition coefficient (Wildman–Crippen LogP) is 4.12. The van der Waals surface area contributed by atoms with Crippen molar-refractivity contribution in [2.75, 3.05) is 6.54 Å². The van der Waals surface area contributed by atoms with E-state index in [0.29, 0.717) is 6.54 Å². The Morgan fingerprint density at radius 3 is 2.68 bits per heavy atom. The lowest BCUT2D eigenvalue weighted by Crippen LogP contribution is -1.82. The minimum Gasteiger partial charge on any atom is -0.280 e. The molecule has 0 aliphatic rings. The van der Waals surface area contributed by atoms with Gasteiger partial charge in [0.25, 0.3) is 0 Å². The first kappa shape index (κ1) is 13.4. The van der Waals surface area contributed by atoms with Crippen molar-refractivity contribution in [3.63, 3.8) is 0 Å². The van der Waals surface area contributed by atoms with E-state index < -0.39 is 0 Å². The van der Waals surface area contributed by atoms with Crippen molar-refractivity contribution in [3.8, 4) is 11.8 Å². The van der Waals surface area contributed by atoms with Crippen molar-refractivity contribution in [1.29, 1.82) is 0 Å². The molecule has 0 saturated carbocycles. The maximum atomic E-state index is 5.89. The summed E-state index contributed by atoms with van der Waals surface area (Å²) in [4.78, 5) is 4.26.